The molecule has 22 heavy (non-hydrogen) atoms. The molecule has 0 bridgehead atoms. The van der Waals surface area contributed by atoms with Crippen LogP contribution in [0.1, 0.15) is 42.1 Å². The molecule has 0 spiro atoms. The quantitative estimate of drug-likeness (QED) is 0.592. The van der Waals surface area contributed by atoms with Crippen molar-refractivity contribution in [2.45, 2.75) is 26.2 Å². The average molecular weight is 298 g/mol. The monoisotopic (exact) mass is 298 g/mol. The molecule has 3 nitrogen and oxygen atoms in total. The predicted molar refractivity (Wildman–Crippen MR) is 87.8 cm³/mol. The topological polar surface area (TPSA) is 43.4 Å². The Balaban J connectivity index is 2.40. The number of ether oxygens (including phenoxy) is 1. The Labute approximate surface area is 131 Å². The number of rotatable bonds is 6. The van der Waals surface area contributed by atoms with Gasteiger partial charge in [0, 0.05) is 38.0 Å². The van der Waals surface area contributed by atoms with E-state index in [1.54, 1.807) is 13.2 Å². The molecule has 0 fully saturated rings. The van der Waals surface area contributed by atoms with E-state index in [4.69, 9.17) is 4.74 Å². The van der Waals surface area contributed by atoms with Crippen LogP contribution in [0.25, 0.3) is 5.57 Å². The summed E-state index contributed by atoms with van der Waals surface area (Å²) in [6.07, 6.45) is 3.36. The SMILES string of the molecule is C=C1CC(=O)C=C(c2cccc(C(=O)CC)c2)C1CCOC. The summed E-state index contributed by atoms with van der Waals surface area (Å²) in [5.41, 5.74) is 3.49. The number of benzene rings is 1. The third kappa shape index (κ3) is 3.60. The number of Topliss-reactive ketones (excluding diaryl/α,β-unsaturated/α-hetero) is 1. The van der Waals surface area contributed by atoms with Gasteiger partial charge in [0.1, 0.15) is 0 Å². The van der Waals surface area contributed by atoms with Crippen LogP contribution in [0.5, 0.6) is 0 Å². The summed E-state index contributed by atoms with van der Waals surface area (Å²) in [5, 5.41) is 0. The maximum atomic E-state index is 11.9. The van der Waals surface area contributed by atoms with Crippen molar-refractivity contribution in [3.8, 4) is 0 Å². The third-order valence-electron chi connectivity index (χ3n) is 4.04. The van der Waals surface area contributed by atoms with Crippen LogP contribution in [0.15, 0.2) is 42.5 Å². The van der Waals surface area contributed by atoms with Gasteiger partial charge in [-0.1, -0.05) is 37.3 Å². The van der Waals surface area contributed by atoms with E-state index in [9.17, 15) is 9.59 Å². The van der Waals surface area contributed by atoms with Gasteiger partial charge in [0.05, 0.1) is 0 Å². The van der Waals surface area contributed by atoms with E-state index in [0.717, 1.165) is 23.1 Å². The van der Waals surface area contributed by atoms with E-state index >= 15 is 0 Å². The van der Waals surface area contributed by atoms with Crippen molar-refractivity contribution in [2.75, 3.05) is 13.7 Å². The van der Waals surface area contributed by atoms with Crippen molar-refractivity contribution in [2.24, 2.45) is 5.92 Å². The molecule has 0 saturated carbocycles. The molecule has 3 heteroatoms. The number of hydrogen-bond acceptors (Lipinski definition) is 3. The largest absolute Gasteiger partial charge is 0.385 e. The molecule has 0 N–H and O–H groups in total. The van der Waals surface area contributed by atoms with E-state index in [2.05, 4.69) is 6.58 Å². The minimum atomic E-state index is 0.0703. The minimum Gasteiger partial charge on any atom is -0.385 e. The molecular formula is C19H22O3. The van der Waals surface area contributed by atoms with Crippen molar-refractivity contribution in [1.82, 2.24) is 0 Å². The molecule has 116 valence electrons. The van der Waals surface area contributed by atoms with Crippen molar-refractivity contribution >= 4 is 17.1 Å². The summed E-state index contributed by atoms with van der Waals surface area (Å²) >= 11 is 0. The second-order valence-corrected chi connectivity index (χ2v) is 5.59. The van der Waals surface area contributed by atoms with Gasteiger partial charge in [-0.15, -0.1) is 0 Å². The summed E-state index contributed by atoms with van der Waals surface area (Å²) in [6.45, 7) is 6.53. The van der Waals surface area contributed by atoms with Gasteiger partial charge in [-0.05, 0) is 29.7 Å². The minimum absolute atomic E-state index is 0.0703. The van der Waals surface area contributed by atoms with Gasteiger partial charge in [-0.3, -0.25) is 9.59 Å². The lowest BCUT2D eigenvalue weighted by Gasteiger charge is -2.26. The van der Waals surface area contributed by atoms with Crippen LogP contribution in [-0.2, 0) is 9.53 Å². The highest BCUT2D eigenvalue weighted by atomic mass is 16.5. The molecule has 1 aromatic carbocycles. The number of ketones is 2. The first kappa shape index (κ1) is 16.4. The van der Waals surface area contributed by atoms with Gasteiger partial charge in [0.15, 0.2) is 11.6 Å². The summed E-state index contributed by atoms with van der Waals surface area (Å²) in [6, 6.07) is 7.52. The smallest absolute Gasteiger partial charge is 0.162 e. The van der Waals surface area contributed by atoms with E-state index in [-0.39, 0.29) is 17.5 Å². The summed E-state index contributed by atoms with van der Waals surface area (Å²) < 4.78 is 5.18. The molecule has 2 rings (SSSR count). The summed E-state index contributed by atoms with van der Waals surface area (Å²) in [5.74, 6) is 0.280. The van der Waals surface area contributed by atoms with E-state index in [0.29, 0.717) is 25.0 Å². The van der Waals surface area contributed by atoms with Crippen molar-refractivity contribution in [3.63, 3.8) is 0 Å². The first-order valence-electron chi connectivity index (χ1n) is 7.61. The third-order valence-corrected chi connectivity index (χ3v) is 4.04. The maximum Gasteiger partial charge on any atom is 0.162 e. The molecule has 1 aromatic rings. The summed E-state index contributed by atoms with van der Waals surface area (Å²) in [7, 11) is 1.67. The number of methoxy groups -OCH3 is 1. The highest BCUT2D eigenvalue weighted by Gasteiger charge is 2.26. The molecule has 0 amide bonds. The first-order valence-corrected chi connectivity index (χ1v) is 7.61. The van der Waals surface area contributed by atoms with Crippen LogP contribution in [0.4, 0.5) is 0 Å². The highest BCUT2D eigenvalue weighted by Crippen LogP contribution is 2.36. The first-order chi connectivity index (χ1) is 10.6. The van der Waals surface area contributed by atoms with Gasteiger partial charge >= 0.3 is 0 Å². The second-order valence-electron chi connectivity index (χ2n) is 5.59. The Kier molecular flexibility index (Phi) is 5.45. The molecule has 0 aliphatic heterocycles. The molecular weight excluding hydrogens is 276 g/mol. The Morgan fingerprint density at radius 1 is 1.41 bits per heavy atom. The number of hydrogen-bond donors (Lipinski definition) is 0. The second kappa shape index (κ2) is 7.32. The predicted octanol–water partition coefficient (Wildman–Crippen LogP) is 3.84. The van der Waals surface area contributed by atoms with Gasteiger partial charge in [0.2, 0.25) is 0 Å². The zero-order chi connectivity index (χ0) is 16.1. The molecule has 0 aromatic heterocycles. The number of carbonyl (C=O) groups is 2. The van der Waals surface area contributed by atoms with Gasteiger partial charge in [-0.25, -0.2) is 0 Å². The van der Waals surface area contributed by atoms with Crippen molar-refractivity contribution in [3.05, 3.63) is 53.6 Å². The van der Waals surface area contributed by atoms with Crippen molar-refractivity contribution in [1.29, 1.82) is 0 Å². The van der Waals surface area contributed by atoms with Crippen LogP contribution in [0.2, 0.25) is 0 Å². The zero-order valence-electron chi connectivity index (χ0n) is 13.2. The summed E-state index contributed by atoms with van der Waals surface area (Å²) in [4.78, 5) is 23.8. The van der Waals surface area contributed by atoms with Crippen molar-refractivity contribution < 1.29 is 14.3 Å². The fourth-order valence-corrected chi connectivity index (χ4v) is 2.85. The fourth-order valence-electron chi connectivity index (χ4n) is 2.85. The van der Waals surface area contributed by atoms with Gasteiger partial charge < -0.3 is 4.74 Å². The fraction of sp³-hybridized carbons (Fsp3) is 0.368. The standard InChI is InChI=1S/C19H22O3/c1-4-19(21)15-7-5-6-14(11-15)18-12-16(20)10-13(2)17(18)8-9-22-3/h5-7,11-12,17H,2,4,8-10H2,1,3H3. The lowest BCUT2D eigenvalue weighted by atomic mass is 9.78. The van der Waals surface area contributed by atoms with Crippen LogP contribution in [0.3, 0.4) is 0 Å². The molecule has 1 atom stereocenters. The van der Waals surface area contributed by atoms with Crippen LogP contribution >= 0.6 is 0 Å². The van der Waals surface area contributed by atoms with Gasteiger partial charge in [-0.2, -0.15) is 0 Å². The lowest BCUT2D eigenvalue weighted by molar-refractivity contribution is -0.114. The Morgan fingerprint density at radius 2 is 2.18 bits per heavy atom. The van der Waals surface area contributed by atoms with Crippen LogP contribution < -0.4 is 0 Å². The number of allylic oxidation sites excluding steroid dienone is 3. The zero-order valence-corrected chi connectivity index (χ0v) is 13.2. The highest BCUT2D eigenvalue weighted by molar-refractivity contribution is 6.02. The molecule has 1 unspecified atom stereocenters. The Bertz CT molecular complexity index is 625. The molecule has 1 aliphatic rings. The normalized spacial score (nSPS) is 18.3. The van der Waals surface area contributed by atoms with Crippen LogP contribution in [0, 0.1) is 5.92 Å². The Hall–Kier alpha value is -2.00. The van der Waals surface area contributed by atoms with Gasteiger partial charge in [0.25, 0.3) is 0 Å². The molecule has 0 saturated heterocycles. The molecule has 1 aliphatic carbocycles. The average Bonchev–Trinajstić information content (AvgIpc) is 2.52. The van der Waals surface area contributed by atoms with Crippen LogP contribution in [-0.4, -0.2) is 25.3 Å². The van der Waals surface area contributed by atoms with E-state index in [1.807, 2.05) is 31.2 Å². The van der Waals surface area contributed by atoms with E-state index in [1.165, 1.54) is 0 Å². The molecule has 0 heterocycles. The number of carbonyl (C=O) groups excluding carboxylic acids is 2. The molecule has 0 radical (unpaired) electrons. The maximum absolute atomic E-state index is 11.9. The Morgan fingerprint density at radius 3 is 2.86 bits per heavy atom. The van der Waals surface area contributed by atoms with E-state index < -0.39 is 0 Å². The lowest BCUT2D eigenvalue weighted by Crippen LogP contribution is -2.18.